The van der Waals surface area contributed by atoms with Gasteiger partial charge in [0.2, 0.25) is 11.8 Å². The minimum absolute atomic E-state index is 0.162. The van der Waals surface area contributed by atoms with Crippen molar-refractivity contribution >= 4 is 29.0 Å². The second kappa shape index (κ2) is 8.99. The lowest BCUT2D eigenvalue weighted by Gasteiger charge is -2.05. The quantitative estimate of drug-likeness (QED) is 0.438. The highest BCUT2D eigenvalue weighted by Crippen LogP contribution is 2.20. The largest absolute Gasteiger partial charge is 0.484 e. The van der Waals surface area contributed by atoms with Gasteiger partial charge in [-0.05, 0) is 53.9 Å². The van der Waals surface area contributed by atoms with Gasteiger partial charge in [-0.15, -0.1) is 21.5 Å². The number of carbonyl (C=O) groups excluding carboxylic acids is 1. The summed E-state index contributed by atoms with van der Waals surface area (Å²) in [6.45, 7) is 0.162. The molecular weight excluding hydrogens is 386 g/mol. The van der Waals surface area contributed by atoms with E-state index in [4.69, 9.17) is 9.15 Å². The summed E-state index contributed by atoms with van der Waals surface area (Å²) < 4.78 is 11.3. The van der Waals surface area contributed by atoms with Gasteiger partial charge in [-0.3, -0.25) is 4.79 Å². The van der Waals surface area contributed by atoms with E-state index in [2.05, 4.69) is 15.5 Å². The highest BCUT2D eigenvalue weighted by Gasteiger charge is 2.08. The molecule has 0 unspecified atom stereocenters. The molecule has 1 amide bonds. The molecule has 0 saturated carbocycles. The smallest absolute Gasteiger partial charge is 0.254 e. The van der Waals surface area contributed by atoms with Gasteiger partial charge in [-0.1, -0.05) is 24.3 Å². The van der Waals surface area contributed by atoms with Crippen LogP contribution in [0.3, 0.4) is 0 Å². The van der Waals surface area contributed by atoms with Crippen molar-refractivity contribution in [2.45, 2.75) is 6.61 Å². The lowest BCUT2D eigenvalue weighted by molar-refractivity contribution is -0.111. The summed E-state index contributed by atoms with van der Waals surface area (Å²) in [7, 11) is 0. The molecule has 0 bridgehead atoms. The molecule has 0 aliphatic rings. The summed E-state index contributed by atoms with van der Waals surface area (Å²) in [6.07, 6.45) is 3.29. The molecule has 144 valence electrons. The lowest BCUT2D eigenvalue weighted by atomic mass is 10.2. The minimum Gasteiger partial charge on any atom is -0.484 e. The van der Waals surface area contributed by atoms with E-state index in [0.717, 1.165) is 10.4 Å². The molecule has 2 heterocycles. The Morgan fingerprint density at radius 3 is 2.62 bits per heavy atom. The van der Waals surface area contributed by atoms with Gasteiger partial charge in [0.15, 0.2) is 6.61 Å². The molecule has 0 radical (unpaired) electrons. The molecule has 4 aromatic rings. The standard InChI is InChI=1S/C22H17N3O3S/c26-20(13-12-19-7-4-14-29-19)23-17-8-10-18(11-9-17)27-15-21-24-25-22(28-21)16-5-2-1-3-6-16/h1-14H,15H2,(H,23,26)/b13-12+. The number of thiophene rings is 1. The van der Waals surface area contributed by atoms with E-state index in [1.54, 1.807) is 41.7 Å². The third kappa shape index (κ3) is 5.18. The first kappa shape index (κ1) is 18.6. The van der Waals surface area contributed by atoms with Crippen LogP contribution in [0, 0.1) is 0 Å². The molecule has 2 aromatic carbocycles. The Hall–Kier alpha value is -3.71. The molecule has 6 nitrogen and oxygen atoms in total. The molecule has 0 fully saturated rings. The second-order valence-corrected chi connectivity index (χ2v) is 7.00. The summed E-state index contributed by atoms with van der Waals surface area (Å²) in [5.41, 5.74) is 1.54. The van der Waals surface area contributed by atoms with E-state index in [-0.39, 0.29) is 12.5 Å². The number of carbonyl (C=O) groups is 1. The molecule has 0 spiro atoms. The zero-order valence-corrected chi connectivity index (χ0v) is 16.1. The number of rotatable bonds is 7. The Bertz CT molecular complexity index is 1090. The summed E-state index contributed by atoms with van der Waals surface area (Å²) in [5, 5.41) is 12.8. The second-order valence-electron chi connectivity index (χ2n) is 6.02. The first-order valence-electron chi connectivity index (χ1n) is 8.89. The topological polar surface area (TPSA) is 77.2 Å². The Kier molecular flexibility index (Phi) is 5.78. The number of benzene rings is 2. The SMILES string of the molecule is O=C(/C=C/c1cccs1)Nc1ccc(OCc2nnc(-c3ccccc3)o2)cc1. The molecule has 0 atom stereocenters. The third-order valence-corrected chi connectivity index (χ3v) is 4.75. The number of aromatic nitrogens is 2. The van der Waals surface area contributed by atoms with Gasteiger partial charge in [0.25, 0.3) is 5.89 Å². The van der Waals surface area contributed by atoms with E-state index < -0.39 is 0 Å². The third-order valence-electron chi connectivity index (χ3n) is 3.91. The molecule has 7 heteroatoms. The van der Waals surface area contributed by atoms with Gasteiger partial charge >= 0.3 is 0 Å². The Morgan fingerprint density at radius 2 is 1.86 bits per heavy atom. The van der Waals surface area contributed by atoms with Crippen molar-refractivity contribution in [3.05, 3.63) is 89.0 Å². The summed E-state index contributed by atoms with van der Waals surface area (Å²) in [5.74, 6) is 1.29. The fraction of sp³-hybridized carbons (Fsp3) is 0.0455. The maximum Gasteiger partial charge on any atom is 0.254 e. The lowest BCUT2D eigenvalue weighted by Crippen LogP contribution is -2.07. The minimum atomic E-state index is -0.189. The van der Waals surface area contributed by atoms with Crippen molar-refractivity contribution in [2.24, 2.45) is 0 Å². The van der Waals surface area contributed by atoms with Crippen molar-refractivity contribution in [2.75, 3.05) is 5.32 Å². The molecule has 0 aliphatic carbocycles. The number of hydrogen-bond donors (Lipinski definition) is 1. The predicted molar refractivity (Wildman–Crippen MR) is 112 cm³/mol. The van der Waals surface area contributed by atoms with Crippen LogP contribution in [0.2, 0.25) is 0 Å². The zero-order valence-electron chi connectivity index (χ0n) is 15.3. The van der Waals surface area contributed by atoms with Crippen LogP contribution in [-0.4, -0.2) is 16.1 Å². The average molecular weight is 403 g/mol. The Labute approximate surface area is 171 Å². The number of anilines is 1. The van der Waals surface area contributed by atoms with Gasteiger partial charge in [-0.25, -0.2) is 0 Å². The van der Waals surface area contributed by atoms with Crippen LogP contribution in [0.15, 0.2) is 82.6 Å². The Morgan fingerprint density at radius 1 is 1.03 bits per heavy atom. The van der Waals surface area contributed by atoms with Crippen LogP contribution in [0.5, 0.6) is 5.75 Å². The highest BCUT2D eigenvalue weighted by molar-refractivity contribution is 7.10. The summed E-state index contributed by atoms with van der Waals surface area (Å²) >= 11 is 1.58. The number of ether oxygens (including phenoxy) is 1. The van der Waals surface area contributed by atoms with E-state index in [1.807, 2.05) is 47.8 Å². The van der Waals surface area contributed by atoms with Gasteiger partial charge < -0.3 is 14.5 Å². The molecular formula is C22H17N3O3S. The highest BCUT2D eigenvalue weighted by atomic mass is 32.1. The maximum atomic E-state index is 12.0. The van der Waals surface area contributed by atoms with E-state index in [9.17, 15) is 4.79 Å². The van der Waals surface area contributed by atoms with Crippen LogP contribution in [0.25, 0.3) is 17.5 Å². The zero-order chi connectivity index (χ0) is 19.9. The number of nitrogens with zero attached hydrogens (tertiary/aromatic N) is 2. The molecule has 0 aliphatic heterocycles. The first-order chi connectivity index (χ1) is 14.3. The molecule has 1 N–H and O–H groups in total. The molecule has 2 aromatic heterocycles. The first-order valence-corrected chi connectivity index (χ1v) is 9.77. The number of hydrogen-bond acceptors (Lipinski definition) is 6. The van der Waals surface area contributed by atoms with Crippen LogP contribution in [0.1, 0.15) is 10.8 Å². The van der Waals surface area contributed by atoms with Gasteiger partial charge in [0.05, 0.1) is 0 Å². The normalized spacial score (nSPS) is 10.9. The van der Waals surface area contributed by atoms with Crippen LogP contribution in [-0.2, 0) is 11.4 Å². The maximum absolute atomic E-state index is 12.0. The van der Waals surface area contributed by atoms with Crippen LogP contribution < -0.4 is 10.1 Å². The van der Waals surface area contributed by atoms with E-state index in [1.165, 1.54) is 6.08 Å². The molecule has 4 rings (SSSR count). The van der Waals surface area contributed by atoms with Crippen molar-refractivity contribution in [1.82, 2.24) is 10.2 Å². The number of amides is 1. The average Bonchev–Trinajstić information content (AvgIpc) is 3.45. The van der Waals surface area contributed by atoms with Crippen molar-refractivity contribution in [3.8, 4) is 17.2 Å². The summed E-state index contributed by atoms with van der Waals surface area (Å²) in [6, 6.07) is 20.5. The fourth-order valence-corrected chi connectivity index (χ4v) is 3.13. The van der Waals surface area contributed by atoms with Gasteiger partial charge in [0.1, 0.15) is 5.75 Å². The fourth-order valence-electron chi connectivity index (χ4n) is 2.52. The van der Waals surface area contributed by atoms with Gasteiger partial charge in [-0.2, -0.15) is 0 Å². The van der Waals surface area contributed by atoms with Crippen molar-refractivity contribution < 1.29 is 13.9 Å². The van der Waals surface area contributed by atoms with Crippen LogP contribution >= 0.6 is 11.3 Å². The van der Waals surface area contributed by atoms with E-state index >= 15 is 0 Å². The Balaban J connectivity index is 1.29. The monoisotopic (exact) mass is 403 g/mol. The molecule has 0 saturated heterocycles. The molecule has 29 heavy (non-hydrogen) atoms. The summed E-state index contributed by atoms with van der Waals surface area (Å²) in [4.78, 5) is 13.0. The van der Waals surface area contributed by atoms with Crippen molar-refractivity contribution in [1.29, 1.82) is 0 Å². The van der Waals surface area contributed by atoms with Gasteiger partial charge in [0, 0.05) is 22.2 Å². The van der Waals surface area contributed by atoms with Crippen molar-refractivity contribution in [3.63, 3.8) is 0 Å². The van der Waals surface area contributed by atoms with E-state index in [0.29, 0.717) is 23.2 Å². The number of nitrogens with one attached hydrogen (secondary N) is 1. The predicted octanol–water partition coefficient (Wildman–Crippen LogP) is 5.03. The van der Waals surface area contributed by atoms with Crippen LogP contribution in [0.4, 0.5) is 5.69 Å².